The molecule has 17 heavy (non-hydrogen) atoms. The summed E-state index contributed by atoms with van der Waals surface area (Å²) in [6.07, 6.45) is 0. The highest BCUT2D eigenvalue weighted by atomic mass is 16.5. The van der Waals surface area contributed by atoms with Gasteiger partial charge in [0.15, 0.2) is 11.5 Å². The first-order valence-electron chi connectivity index (χ1n) is 5.97. The number of hydrogen-bond donors (Lipinski definition) is 1. The van der Waals surface area contributed by atoms with E-state index in [2.05, 4.69) is 22.3 Å². The van der Waals surface area contributed by atoms with Gasteiger partial charge < -0.3 is 14.8 Å². The quantitative estimate of drug-likeness (QED) is 0.849. The van der Waals surface area contributed by atoms with Crippen molar-refractivity contribution in [2.45, 2.75) is 6.54 Å². The number of nitrogens with one attached hydrogen (secondary N) is 1. The molecule has 1 aliphatic heterocycles. The fourth-order valence-corrected chi connectivity index (χ4v) is 2.11. The van der Waals surface area contributed by atoms with Crippen LogP contribution in [0.4, 0.5) is 0 Å². The summed E-state index contributed by atoms with van der Waals surface area (Å²) < 4.78 is 10.5. The van der Waals surface area contributed by atoms with Crippen LogP contribution >= 0.6 is 0 Å². The van der Waals surface area contributed by atoms with E-state index in [4.69, 9.17) is 9.47 Å². The van der Waals surface area contributed by atoms with Gasteiger partial charge in [-0.15, -0.1) is 0 Å². The fraction of sp³-hybridized carbons (Fsp3) is 0.538. The zero-order valence-electron chi connectivity index (χ0n) is 10.5. The predicted molar refractivity (Wildman–Crippen MR) is 67.7 cm³/mol. The molecule has 0 aliphatic carbocycles. The molecule has 1 aromatic rings. The Kier molecular flexibility index (Phi) is 4.23. The van der Waals surface area contributed by atoms with Crippen molar-refractivity contribution in [2.24, 2.45) is 0 Å². The van der Waals surface area contributed by atoms with Crippen LogP contribution in [0.25, 0.3) is 0 Å². The SMILES string of the molecule is COc1ccc(CN2CCNCC2)cc1OC. The minimum Gasteiger partial charge on any atom is -0.493 e. The van der Waals surface area contributed by atoms with Crippen LogP contribution < -0.4 is 14.8 Å². The third-order valence-corrected chi connectivity index (χ3v) is 3.06. The molecule has 1 heterocycles. The molecule has 0 saturated carbocycles. The molecule has 0 aromatic heterocycles. The molecule has 0 radical (unpaired) electrons. The van der Waals surface area contributed by atoms with Gasteiger partial charge >= 0.3 is 0 Å². The highest BCUT2D eigenvalue weighted by Crippen LogP contribution is 2.27. The van der Waals surface area contributed by atoms with Crippen molar-refractivity contribution < 1.29 is 9.47 Å². The molecule has 4 nitrogen and oxygen atoms in total. The number of piperazine rings is 1. The van der Waals surface area contributed by atoms with Gasteiger partial charge in [-0.25, -0.2) is 0 Å². The molecule has 0 bridgehead atoms. The van der Waals surface area contributed by atoms with Crippen LogP contribution in [-0.2, 0) is 6.54 Å². The van der Waals surface area contributed by atoms with Gasteiger partial charge in [0.05, 0.1) is 14.2 Å². The van der Waals surface area contributed by atoms with Gasteiger partial charge in [0.25, 0.3) is 0 Å². The lowest BCUT2D eigenvalue weighted by Gasteiger charge is -2.27. The molecule has 1 aromatic carbocycles. The second kappa shape index (κ2) is 5.89. The van der Waals surface area contributed by atoms with Crippen molar-refractivity contribution in [1.29, 1.82) is 0 Å². The van der Waals surface area contributed by atoms with E-state index in [9.17, 15) is 0 Å². The molecule has 2 rings (SSSR count). The Morgan fingerprint density at radius 3 is 2.47 bits per heavy atom. The molecule has 0 unspecified atom stereocenters. The van der Waals surface area contributed by atoms with Crippen LogP contribution in [0.3, 0.4) is 0 Å². The summed E-state index contributed by atoms with van der Waals surface area (Å²) >= 11 is 0. The molecule has 0 spiro atoms. The molecule has 4 heteroatoms. The normalized spacial score (nSPS) is 16.8. The summed E-state index contributed by atoms with van der Waals surface area (Å²) in [6, 6.07) is 6.13. The minimum absolute atomic E-state index is 0.788. The first-order chi connectivity index (χ1) is 8.33. The highest BCUT2D eigenvalue weighted by molar-refractivity contribution is 5.42. The molecule has 0 atom stereocenters. The van der Waals surface area contributed by atoms with Gasteiger partial charge in [-0.3, -0.25) is 4.90 Å². The Morgan fingerprint density at radius 1 is 1.12 bits per heavy atom. The summed E-state index contributed by atoms with van der Waals surface area (Å²) in [5.41, 5.74) is 1.27. The average molecular weight is 236 g/mol. The van der Waals surface area contributed by atoms with Gasteiger partial charge in [-0.2, -0.15) is 0 Å². The van der Waals surface area contributed by atoms with E-state index < -0.39 is 0 Å². The molecule has 1 fully saturated rings. The maximum absolute atomic E-state index is 5.31. The second-order valence-corrected chi connectivity index (χ2v) is 4.22. The standard InChI is InChI=1S/C13H20N2O2/c1-16-12-4-3-11(9-13(12)17-2)10-15-7-5-14-6-8-15/h3-4,9,14H,5-8,10H2,1-2H3. The van der Waals surface area contributed by atoms with Gasteiger partial charge in [0.2, 0.25) is 0 Å². The van der Waals surface area contributed by atoms with E-state index in [-0.39, 0.29) is 0 Å². The number of nitrogens with zero attached hydrogens (tertiary/aromatic N) is 1. The van der Waals surface area contributed by atoms with Crippen molar-refractivity contribution >= 4 is 0 Å². The number of benzene rings is 1. The molecule has 94 valence electrons. The maximum atomic E-state index is 5.31. The number of methoxy groups -OCH3 is 2. The topological polar surface area (TPSA) is 33.7 Å². The summed E-state index contributed by atoms with van der Waals surface area (Å²) in [5, 5.41) is 3.35. The zero-order valence-corrected chi connectivity index (χ0v) is 10.5. The second-order valence-electron chi connectivity index (χ2n) is 4.22. The third kappa shape index (κ3) is 3.11. The largest absolute Gasteiger partial charge is 0.493 e. The first-order valence-corrected chi connectivity index (χ1v) is 5.97. The Bertz CT molecular complexity index is 362. The molecule has 0 amide bonds. The monoisotopic (exact) mass is 236 g/mol. The molecular formula is C13H20N2O2. The average Bonchev–Trinajstić information content (AvgIpc) is 2.40. The predicted octanol–water partition coefficient (Wildman–Crippen LogP) is 1.11. The lowest BCUT2D eigenvalue weighted by Crippen LogP contribution is -2.42. The van der Waals surface area contributed by atoms with Crippen LogP contribution in [0.5, 0.6) is 11.5 Å². The third-order valence-electron chi connectivity index (χ3n) is 3.06. The van der Waals surface area contributed by atoms with E-state index in [1.54, 1.807) is 14.2 Å². The van der Waals surface area contributed by atoms with Crippen LogP contribution in [0.2, 0.25) is 0 Å². The highest BCUT2D eigenvalue weighted by Gasteiger charge is 2.11. The van der Waals surface area contributed by atoms with E-state index in [0.717, 1.165) is 44.2 Å². The van der Waals surface area contributed by atoms with E-state index in [0.29, 0.717) is 0 Å². The van der Waals surface area contributed by atoms with Gasteiger partial charge in [0.1, 0.15) is 0 Å². The van der Waals surface area contributed by atoms with Crippen LogP contribution in [0, 0.1) is 0 Å². The number of hydrogen-bond acceptors (Lipinski definition) is 4. The fourth-order valence-electron chi connectivity index (χ4n) is 2.11. The maximum Gasteiger partial charge on any atom is 0.161 e. The number of ether oxygens (including phenoxy) is 2. The van der Waals surface area contributed by atoms with Crippen molar-refractivity contribution in [3.8, 4) is 11.5 Å². The van der Waals surface area contributed by atoms with Crippen molar-refractivity contribution in [3.05, 3.63) is 23.8 Å². The van der Waals surface area contributed by atoms with Gasteiger partial charge in [0, 0.05) is 32.7 Å². The van der Waals surface area contributed by atoms with Crippen LogP contribution in [0.1, 0.15) is 5.56 Å². The van der Waals surface area contributed by atoms with E-state index in [1.807, 2.05) is 6.07 Å². The summed E-state index contributed by atoms with van der Waals surface area (Å²) in [7, 11) is 3.33. The van der Waals surface area contributed by atoms with Gasteiger partial charge in [-0.1, -0.05) is 6.07 Å². The molecule has 1 saturated heterocycles. The zero-order chi connectivity index (χ0) is 12.1. The molecular weight excluding hydrogens is 216 g/mol. The lowest BCUT2D eigenvalue weighted by molar-refractivity contribution is 0.233. The summed E-state index contributed by atoms with van der Waals surface area (Å²) in [5.74, 6) is 1.59. The summed E-state index contributed by atoms with van der Waals surface area (Å²) in [6.45, 7) is 5.34. The summed E-state index contributed by atoms with van der Waals surface area (Å²) in [4.78, 5) is 2.44. The van der Waals surface area contributed by atoms with Crippen LogP contribution in [0.15, 0.2) is 18.2 Å². The van der Waals surface area contributed by atoms with Crippen molar-refractivity contribution in [3.63, 3.8) is 0 Å². The smallest absolute Gasteiger partial charge is 0.161 e. The van der Waals surface area contributed by atoms with E-state index in [1.165, 1.54) is 5.56 Å². The van der Waals surface area contributed by atoms with Gasteiger partial charge in [-0.05, 0) is 17.7 Å². The molecule has 1 aliphatic rings. The molecule has 1 N–H and O–H groups in total. The Balaban J connectivity index is 2.05. The minimum atomic E-state index is 0.788. The Morgan fingerprint density at radius 2 is 1.82 bits per heavy atom. The lowest BCUT2D eigenvalue weighted by atomic mass is 10.1. The Labute approximate surface area is 103 Å². The van der Waals surface area contributed by atoms with E-state index >= 15 is 0 Å². The van der Waals surface area contributed by atoms with Crippen LogP contribution in [-0.4, -0.2) is 45.3 Å². The number of rotatable bonds is 4. The first kappa shape index (κ1) is 12.2. The van der Waals surface area contributed by atoms with Crippen molar-refractivity contribution in [2.75, 3.05) is 40.4 Å². The van der Waals surface area contributed by atoms with Crippen molar-refractivity contribution in [1.82, 2.24) is 10.2 Å². The Hall–Kier alpha value is -1.26.